The van der Waals surface area contributed by atoms with Crippen LogP contribution in [-0.2, 0) is 4.74 Å². The highest BCUT2D eigenvalue weighted by Crippen LogP contribution is 2.51. The number of hydrogen-bond donors (Lipinski definition) is 0. The van der Waals surface area contributed by atoms with Crippen molar-refractivity contribution < 1.29 is 35.8 Å². The number of benzene rings is 1. The summed E-state index contributed by atoms with van der Waals surface area (Å²) in [6, 6.07) is 7.67. The molecule has 0 amide bonds. The molecule has 27 heavy (non-hydrogen) atoms. The van der Waals surface area contributed by atoms with Crippen molar-refractivity contribution in [3.63, 3.8) is 0 Å². The summed E-state index contributed by atoms with van der Waals surface area (Å²) in [6.07, 6.45) is -12.4. The van der Waals surface area contributed by atoms with Gasteiger partial charge in [0.05, 0.1) is 24.7 Å². The zero-order valence-corrected chi connectivity index (χ0v) is 13.5. The van der Waals surface area contributed by atoms with Crippen LogP contribution in [0, 0.1) is 22.7 Å². The highest BCUT2D eigenvalue weighted by Gasteiger charge is 2.54. The van der Waals surface area contributed by atoms with E-state index in [0.717, 1.165) is 6.07 Å². The number of alkyl halides is 6. The summed E-state index contributed by atoms with van der Waals surface area (Å²) in [5, 5.41) is 17.8. The Morgan fingerprint density at radius 1 is 1.11 bits per heavy atom. The first-order valence-electron chi connectivity index (χ1n) is 7.23. The number of rotatable bonds is 3. The minimum atomic E-state index is -5.29. The summed E-state index contributed by atoms with van der Waals surface area (Å²) < 4.78 is 89.6. The molecule has 0 saturated carbocycles. The molecule has 2 rings (SSSR count). The Bertz CT molecular complexity index is 854. The van der Waals surface area contributed by atoms with Gasteiger partial charge in [0.1, 0.15) is 11.8 Å². The smallest absolute Gasteiger partial charge is 0.449 e. The van der Waals surface area contributed by atoms with Crippen molar-refractivity contribution in [3.05, 3.63) is 52.8 Å². The fourth-order valence-electron chi connectivity index (χ4n) is 2.69. The molecular weight excluding hydrogens is 378 g/mol. The van der Waals surface area contributed by atoms with Gasteiger partial charge in [-0.15, -0.1) is 0 Å². The zero-order valence-electron chi connectivity index (χ0n) is 13.5. The lowest BCUT2D eigenvalue weighted by Crippen LogP contribution is -2.21. The molecule has 0 radical (unpaired) electrons. The lowest BCUT2D eigenvalue weighted by atomic mass is 9.83. The Morgan fingerprint density at radius 3 is 2.11 bits per heavy atom. The predicted molar refractivity (Wildman–Crippen MR) is 79.1 cm³/mol. The number of nitriles is 2. The highest BCUT2D eigenvalue weighted by molar-refractivity contribution is 5.52. The minimum absolute atomic E-state index is 0.0234. The molecule has 0 aromatic heterocycles. The van der Waals surface area contributed by atoms with E-state index in [9.17, 15) is 26.3 Å². The van der Waals surface area contributed by atoms with Crippen LogP contribution in [0.1, 0.15) is 11.5 Å². The molecule has 142 valence electrons. The fraction of sp³-hybridized carbons (Fsp3) is 0.294. The number of nitrogens with zero attached hydrogens (tertiary/aromatic N) is 2. The second-order valence-electron chi connectivity index (χ2n) is 5.34. The molecule has 2 unspecified atom stereocenters. The van der Waals surface area contributed by atoms with E-state index in [1.54, 1.807) is 0 Å². The lowest BCUT2D eigenvalue weighted by Gasteiger charge is -2.20. The number of halogens is 6. The van der Waals surface area contributed by atoms with Crippen LogP contribution in [0.25, 0.3) is 0 Å². The molecule has 0 fully saturated rings. The summed E-state index contributed by atoms with van der Waals surface area (Å²) in [6.45, 7) is 0. The van der Waals surface area contributed by atoms with Crippen LogP contribution in [0.15, 0.2) is 47.2 Å². The third-order valence-corrected chi connectivity index (χ3v) is 3.77. The molecule has 0 aliphatic carbocycles. The van der Waals surface area contributed by atoms with Gasteiger partial charge < -0.3 is 9.47 Å². The molecule has 10 heteroatoms. The molecule has 4 nitrogen and oxygen atoms in total. The predicted octanol–water partition coefficient (Wildman–Crippen LogP) is 4.53. The molecule has 0 saturated heterocycles. The van der Waals surface area contributed by atoms with Crippen molar-refractivity contribution in [2.75, 3.05) is 7.11 Å². The maximum absolute atomic E-state index is 13.4. The monoisotopic (exact) mass is 388 g/mol. The van der Waals surface area contributed by atoms with Crippen LogP contribution in [0.3, 0.4) is 0 Å². The summed E-state index contributed by atoms with van der Waals surface area (Å²) in [7, 11) is 1.33. The molecule has 1 heterocycles. The van der Waals surface area contributed by atoms with Crippen molar-refractivity contribution in [1.82, 2.24) is 0 Å². The average molecular weight is 388 g/mol. The summed E-state index contributed by atoms with van der Waals surface area (Å²) in [4.78, 5) is 0. The van der Waals surface area contributed by atoms with Gasteiger partial charge in [0.15, 0.2) is 6.10 Å². The second kappa shape index (κ2) is 7.23. The van der Waals surface area contributed by atoms with Crippen LogP contribution in [0.2, 0.25) is 0 Å². The SMILES string of the molecule is COc1ccc(C2C(C(=CC#N)C(F)(F)F)=C(C(F)(F)F)OC2C#N)cc1. The van der Waals surface area contributed by atoms with Gasteiger partial charge >= 0.3 is 12.4 Å². The van der Waals surface area contributed by atoms with Gasteiger partial charge in [-0.05, 0) is 17.7 Å². The van der Waals surface area contributed by atoms with E-state index >= 15 is 0 Å². The maximum Gasteiger partial charge on any atom is 0.449 e. The third kappa shape index (κ3) is 4.00. The maximum atomic E-state index is 13.4. The number of ether oxygens (including phenoxy) is 2. The Morgan fingerprint density at radius 2 is 1.70 bits per heavy atom. The van der Waals surface area contributed by atoms with Crippen molar-refractivity contribution in [2.45, 2.75) is 24.4 Å². The quantitative estimate of drug-likeness (QED) is 0.564. The second-order valence-corrected chi connectivity index (χ2v) is 5.34. The average Bonchev–Trinajstić information content (AvgIpc) is 2.98. The molecule has 0 bridgehead atoms. The van der Waals surface area contributed by atoms with Crippen LogP contribution in [0.4, 0.5) is 26.3 Å². The molecule has 0 N–H and O–H groups in total. The van der Waals surface area contributed by atoms with Crippen LogP contribution in [0.5, 0.6) is 5.75 Å². The van der Waals surface area contributed by atoms with E-state index in [4.69, 9.17) is 15.3 Å². The lowest BCUT2D eigenvalue weighted by molar-refractivity contribution is -0.131. The Hall–Kier alpha value is -3.14. The number of methoxy groups -OCH3 is 1. The molecular formula is C17H10F6N2O2. The molecule has 1 aromatic rings. The Labute approximate surface area is 149 Å². The standard InChI is InChI=1S/C17H10F6N2O2/c1-26-10-4-2-9(3-5-10)13-12(8-25)27-15(17(21,22)23)14(13)11(6-7-24)16(18,19)20/h2-6,12-13H,1H3. The van der Waals surface area contributed by atoms with Gasteiger partial charge in [0.2, 0.25) is 5.76 Å². The van der Waals surface area contributed by atoms with E-state index in [0.29, 0.717) is 5.75 Å². The number of hydrogen-bond acceptors (Lipinski definition) is 4. The normalized spacial score (nSPS) is 20.7. The van der Waals surface area contributed by atoms with Gasteiger partial charge in [0, 0.05) is 11.6 Å². The Kier molecular flexibility index (Phi) is 5.41. The topological polar surface area (TPSA) is 66.0 Å². The molecule has 1 aliphatic rings. The summed E-state index contributed by atoms with van der Waals surface area (Å²) in [5.41, 5.74) is -3.13. The van der Waals surface area contributed by atoms with E-state index in [-0.39, 0.29) is 11.6 Å². The van der Waals surface area contributed by atoms with Crippen molar-refractivity contribution in [3.8, 4) is 17.9 Å². The van der Waals surface area contributed by atoms with Crippen LogP contribution >= 0.6 is 0 Å². The Balaban J connectivity index is 2.77. The zero-order chi connectivity index (χ0) is 20.4. The third-order valence-electron chi connectivity index (χ3n) is 3.77. The summed E-state index contributed by atoms with van der Waals surface area (Å²) in [5.74, 6) is -3.32. The summed E-state index contributed by atoms with van der Waals surface area (Å²) >= 11 is 0. The molecule has 0 spiro atoms. The van der Waals surface area contributed by atoms with Gasteiger partial charge in [-0.1, -0.05) is 12.1 Å². The first-order chi connectivity index (χ1) is 12.5. The molecule has 2 atom stereocenters. The van der Waals surface area contributed by atoms with Gasteiger partial charge in [-0.3, -0.25) is 0 Å². The fourth-order valence-corrected chi connectivity index (χ4v) is 2.69. The van der Waals surface area contributed by atoms with E-state index < -0.39 is 41.3 Å². The highest BCUT2D eigenvalue weighted by atomic mass is 19.4. The van der Waals surface area contributed by atoms with E-state index in [1.165, 1.54) is 37.4 Å². The first-order valence-corrected chi connectivity index (χ1v) is 7.23. The van der Waals surface area contributed by atoms with Gasteiger partial charge in [-0.25, -0.2) is 0 Å². The van der Waals surface area contributed by atoms with Gasteiger partial charge in [-0.2, -0.15) is 36.9 Å². The van der Waals surface area contributed by atoms with Crippen molar-refractivity contribution in [1.29, 1.82) is 10.5 Å². The largest absolute Gasteiger partial charge is 0.497 e. The molecule has 1 aromatic carbocycles. The molecule has 1 aliphatic heterocycles. The van der Waals surface area contributed by atoms with E-state index in [1.807, 2.05) is 0 Å². The van der Waals surface area contributed by atoms with E-state index in [2.05, 4.69) is 4.74 Å². The number of allylic oxidation sites excluding steroid dienone is 3. The van der Waals surface area contributed by atoms with Crippen molar-refractivity contribution in [2.24, 2.45) is 0 Å². The van der Waals surface area contributed by atoms with Crippen molar-refractivity contribution >= 4 is 0 Å². The van der Waals surface area contributed by atoms with Gasteiger partial charge in [0.25, 0.3) is 0 Å². The van der Waals surface area contributed by atoms with Crippen LogP contribution < -0.4 is 4.74 Å². The minimum Gasteiger partial charge on any atom is -0.497 e. The first kappa shape index (κ1) is 20.2. The van der Waals surface area contributed by atoms with Crippen LogP contribution in [-0.4, -0.2) is 25.6 Å².